The zero-order valence-corrected chi connectivity index (χ0v) is 12.8. The predicted molar refractivity (Wildman–Crippen MR) is 82.5 cm³/mol. The van der Waals surface area contributed by atoms with Gasteiger partial charge in [-0.15, -0.1) is 0 Å². The summed E-state index contributed by atoms with van der Waals surface area (Å²) in [5, 5.41) is 4.42. The highest BCUT2D eigenvalue weighted by Gasteiger charge is 2.28. The van der Waals surface area contributed by atoms with Gasteiger partial charge in [-0.2, -0.15) is 0 Å². The molecule has 5 nitrogen and oxygen atoms in total. The minimum Gasteiger partial charge on any atom is -0.480 e. The lowest BCUT2D eigenvalue weighted by molar-refractivity contribution is -0.129. The molecule has 2 N–H and O–H groups in total. The molecule has 1 unspecified atom stereocenters. The van der Waals surface area contributed by atoms with Crippen LogP contribution in [0.3, 0.4) is 0 Å². The molecule has 130 valence electrons. The minimum atomic E-state index is -1.68. The summed E-state index contributed by atoms with van der Waals surface area (Å²) in [5.41, 5.74) is 0.374. The lowest BCUT2D eigenvalue weighted by Crippen LogP contribution is -2.41. The van der Waals surface area contributed by atoms with Crippen LogP contribution in [0.2, 0.25) is 0 Å². The van der Waals surface area contributed by atoms with Crippen LogP contribution in [0.25, 0.3) is 0 Å². The highest BCUT2D eigenvalue weighted by Crippen LogP contribution is 2.28. The largest absolute Gasteiger partial charge is 0.480 e. The first-order chi connectivity index (χ1) is 12.0. The number of ether oxygens (including phenoxy) is 1. The van der Waals surface area contributed by atoms with Crippen molar-refractivity contribution >= 4 is 17.5 Å². The van der Waals surface area contributed by atoms with Crippen LogP contribution in [0.15, 0.2) is 36.4 Å². The van der Waals surface area contributed by atoms with Crippen LogP contribution in [0.4, 0.5) is 18.9 Å². The molecule has 1 atom stereocenters. The van der Waals surface area contributed by atoms with Crippen molar-refractivity contribution in [1.29, 1.82) is 0 Å². The van der Waals surface area contributed by atoms with Crippen LogP contribution in [-0.4, -0.2) is 24.5 Å². The molecule has 0 saturated heterocycles. The van der Waals surface area contributed by atoms with Crippen LogP contribution in [-0.2, 0) is 16.0 Å². The molecule has 1 heterocycles. The van der Waals surface area contributed by atoms with E-state index in [1.807, 2.05) is 12.1 Å². The number of nitrogens with one attached hydrogen (secondary N) is 2. The fourth-order valence-corrected chi connectivity index (χ4v) is 2.43. The highest BCUT2D eigenvalue weighted by molar-refractivity contribution is 5.95. The molecule has 0 spiro atoms. The topological polar surface area (TPSA) is 67.4 Å². The predicted octanol–water partition coefficient (Wildman–Crippen LogP) is 2.16. The fraction of sp³-hybridized carbons (Fsp3) is 0.176. The molecular weight excluding hydrogens is 337 g/mol. The molecule has 8 heteroatoms. The summed E-state index contributed by atoms with van der Waals surface area (Å²) in [5.74, 6) is -5.23. The maximum atomic E-state index is 13.5. The summed E-state index contributed by atoms with van der Waals surface area (Å²) in [6.45, 7) is -0.465. The van der Waals surface area contributed by atoms with Gasteiger partial charge in [0.05, 0.1) is 12.2 Å². The number of benzene rings is 2. The van der Waals surface area contributed by atoms with E-state index in [1.165, 1.54) is 0 Å². The van der Waals surface area contributed by atoms with Gasteiger partial charge < -0.3 is 15.4 Å². The first-order valence-electron chi connectivity index (χ1n) is 7.41. The Hall–Kier alpha value is -3.03. The molecule has 2 amide bonds. The van der Waals surface area contributed by atoms with Crippen LogP contribution in [0.5, 0.6) is 5.75 Å². The van der Waals surface area contributed by atoms with Crippen LogP contribution in [0.1, 0.15) is 5.56 Å². The molecular formula is C17H13F3N2O3. The van der Waals surface area contributed by atoms with Gasteiger partial charge in [-0.3, -0.25) is 9.59 Å². The Balaban J connectivity index is 1.53. The average Bonchev–Trinajstić information content (AvgIpc) is 3.04. The van der Waals surface area contributed by atoms with Gasteiger partial charge in [0.2, 0.25) is 5.91 Å². The summed E-state index contributed by atoms with van der Waals surface area (Å²) in [6.07, 6.45) is -0.383. The molecule has 0 saturated carbocycles. The molecule has 0 bridgehead atoms. The Morgan fingerprint density at radius 2 is 1.84 bits per heavy atom. The summed E-state index contributed by atoms with van der Waals surface area (Å²) in [6, 6.07) is 8.76. The van der Waals surface area contributed by atoms with E-state index in [-0.39, 0.29) is 0 Å². The van der Waals surface area contributed by atoms with Crippen molar-refractivity contribution in [3.8, 4) is 5.75 Å². The number of rotatable bonds is 4. The molecule has 2 aromatic carbocycles. The number of hydrogen-bond acceptors (Lipinski definition) is 3. The maximum absolute atomic E-state index is 13.5. The Morgan fingerprint density at radius 1 is 1.08 bits per heavy atom. The summed E-state index contributed by atoms with van der Waals surface area (Å²) in [4.78, 5) is 23.8. The van der Waals surface area contributed by atoms with E-state index < -0.39 is 47.6 Å². The molecule has 0 radical (unpaired) electrons. The quantitative estimate of drug-likeness (QED) is 0.831. The fourth-order valence-electron chi connectivity index (χ4n) is 2.43. The van der Waals surface area contributed by atoms with Gasteiger partial charge in [0.1, 0.15) is 5.75 Å². The molecule has 1 aliphatic heterocycles. The van der Waals surface area contributed by atoms with E-state index in [4.69, 9.17) is 4.74 Å². The van der Waals surface area contributed by atoms with Crippen LogP contribution in [0, 0.1) is 17.5 Å². The van der Waals surface area contributed by atoms with Crippen molar-refractivity contribution in [3.05, 3.63) is 59.4 Å². The zero-order chi connectivity index (χ0) is 18.0. The zero-order valence-electron chi connectivity index (χ0n) is 12.8. The van der Waals surface area contributed by atoms with Crippen LogP contribution >= 0.6 is 0 Å². The van der Waals surface area contributed by atoms with Gasteiger partial charge in [-0.25, -0.2) is 13.2 Å². The van der Waals surface area contributed by atoms with Crippen molar-refractivity contribution in [3.63, 3.8) is 0 Å². The Kier molecular flexibility index (Phi) is 4.60. The third-order valence-corrected chi connectivity index (χ3v) is 3.67. The highest BCUT2D eigenvalue weighted by atomic mass is 19.2. The molecule has 3 rings (SSSR count). The number of carbonyl (C=O) groups is 2. The monoisotopic (exact) mass is 350 g/mol. The summed E-state index contributed by atoms with van der Waals surface area (Å²) in [7, 11) is 0. The number of halogens is 3. The van der Waals surface area contributed by atoms with Gasteiger partial charge in [0.15, 0.2) is 23.6 Å². The second-order valence-electron chi connectivity index (χ2n) is 5.41. The number of fused-ring (bicyclic) bond motifs is 1. The second kappa shape index (κ2) is 6.84. The number of amides is 2. The first-order valence-corrected chi connectivity index (χ1v) is 7.41. The normalized spacial score (nSPS) is 15.2. The molecule has 1 aliphatic rings. The van der Waals surface area contributed by atoms with Gasteiger partial charge in [-0.05, 0) is 23.8 Å². The molecule has 0 aliphatic carbocycles. The molecule has 0 aromatic heterocycles. The Labute approximate surface area is 140 Å². The third kappa shape index (κ3) is 3.57. The van der Waals surface area contributed by atoms with Gasteiger partial charge in [-0.1, -0.05) is 18.2 Å². The lowest BCUT2D eigenvalue weighted by atomic mass is 10.1. The number of carbonyl (C=O) groups excluding carboxylic acids is 2. The van der Waals surface area contributed by atoms with E-state index >= 15 is 0 Å². The summed E-state index contributed by atoms with van der Waals surface area (Å²) >= 11 is 0. The van der Waals surface area contributed by atoms with Crippen molar-refractivity contribution in [2.75, 3.05) is 11.9 Å². The molecule has 0 fully saturated rings. The van der Waals surface area contributed by atoms with Crippen molar-refractivity contribution in [2.45, 2.75) is 12.5 Å². The first kappa shape index (κ1) is 16.8. The minimum absolute atomic E-state index is 0.376. The van der Waals surface area contributed by atoms with E-state index in [9.17, 15) is 22.8 Å². The second-order valence-corrected chi connectivity index (χ2v) is 5.41. The number of anilines is 1. The molecule has 25 heavy (non-hydrogen) atoms. The van der Waals surface area contributed by atoms with Crippen LogP contribution < -0.4 is 15.4 Å². The van der Waals surface area contributed by atoms with E-state index in [0.29, 0.717) is 18.2 Å². The van der Waals surface area contributed by atoms with E-state index in [0.717, 1.165) is 11.6 Å². The van der Waals surface area contributed by atoms with Crippen molar-refractivity contribution in [2.24, 2.45) is 0 Å². The van der Waals surface area contributed by atoms with E-state index in [2.05, 4.69) is 10.6 Å². The van der Waals surface area contributed by atoms with Gasteiger partial charge in [0.25, 0.3) is 5.91 Å². The van der Waals surface area contributed by atoms with Gasteiger partial charge >= 0.3 is 0 Å². The number of hydrogen-bond donors (Lipinski definition) is 2. The maximum Gasteiger partial charge on any atom is 0.261 e. The Morgan fingerprint density at radius 3 is 2.60 bits per heavy atom. The van der Waals surface area contributed by atoms with Crippen molar-refractivity contribution < 1.29 is 27.5 Å². The Bertz CT molecular complexity index is 817. The molecule has 2 aromatic rings. The van der Waals surface area contributed by atoms with E-state index in [1.54, 1.807) is 12.1 Å². The SMILES string of the molecule is O=C(CNC(=O)C1Cc2ccccc2O1)Nc1ccc(F)c(F)c1F. The van der Waals surface area contributed by atoms with Crippen molar-refractivity contribution in [1.82, 2.24) is 5.32 Å². The van der Waals surface area contributed by atoms with Gasteiger partial charge in [0, 0.05) is 6.42 Å². The third-order valence-electron chi connectivity index (χ3n) is 3.67. The lowest BCUT2D eigenvalue weighted by Gasteiger charge is -2.12. The smallest absolute Gasteiger partial charge is 0.261 e. The number of para-hydroxylation sites is 1. The standard InChI is InChI=1S/C17H13F3N2O3/c18-10-5-6-11(16(20)15(10)19)22-14(23)8-21-17(24)13-7-9-3-1-2-4-12(9)25-13/h1-6,13H,7-8H2,(H,21,24)(H,22,23). The average molecular weight is 350 g/mol. The summed E-state index contributed by atoms with van der Waals surface area (Å²) < 4.78 is 44.9.